The van der Waals surface area contributed by atoms with Crippen molar-refractivity contribution in [2.24, 2.45) is 0 Å². The average molecular weight is 305 g/mol. The molecule has 1 nitrogen and oxygen atoms in total. The Morgan fingerprint density at radius 2 is 1.65 bits per heavy atom. The molecule has 3 radical (unpaired) electrons. The molecule has 0 amide bonds. The van der Waals surface area contributed by atoms with Crippen LogP contribution >= 0.6 is 0 Å². The number of rotatable bonds is 7. The molecule has 0 atom stereocenters. The second-order valence-electron chi connectivity index (χ2n) is 4.81. The first kappa shape index (κ1) is 17.2. The van der Waals surface area contributed by atoms with Gasteiger partial charge in [0.15, 0.2) is 23.3 Å². The van der Waals surface area contributed by atoms with Gasteiger partial charge in [-0.05, 0) is 43.7 Å². The Kier molecular flexibility index (Phi) is 6.20. The van der Waals surface area contributed by atoms with Crippen molar-refractivity contribution in [3.05, 3.63) is 34.9 Å². The van der Waals surface area contributed by atoms with Crippen LogP contribution in [0.4, 0.5) is 17.6 Å². The van der Waals surface area contributed by atoms with Gasteiger partial charge in [-0.3, -0.25) is 0 Å². The molecule has 1 aromatic rings. The van der Waals surface area contributed by atoms with Crippen molar-refractivity contribution in [1.82, 2.24) is 0 Å². The van der Waals surface area contributed by atoms with Gasteiger partial charge in [-0.1, -0.05) is 13.8 Å². The Hall–Kier alpha value is -0.883. The molecule has 0 fully saturated rings. The summed E-state index contributed by atoms with van der Waals surface area (Å²) in [6, 6.07) is 0.710. The smallest absolute Gasteiger partial charge is 0.247 e. The van der Waals surface area contributed by atoms with Crippen LogP contribution in [-0.2, 0) is 10.8 Å². The lowest BCUT2D eigenvalue weighted by Gasteiger charge is -2.30. The Bertz CT molecular complexity index is 453. The maximum absolute atomic E-state index is 13.5. The highest BCUT2D eigenvalue weighted by atomic mass is 28.2. The molecule has 0 aliphatic carbocycles. The van der Waals surface area contributed by atoms with Gasteiger partial charge in [0.2, 0.25) is 10.5 Å². The predicted molar refractivity (Wildman–Crippen MR) is 69.4 cm³/mol. The molecular weight excluding hydrogens is 288 g/mol. The van der Waals surface area contributed by atoms with Crippen molar-refractivity contribution >= 4 is 10.5 Å². The lowest BCUT2D eigenvalue weighted by Crippen LogP contribution is -2.30. The molecule has 1 aromatic carbocycles. The minimum Gasteiger partial charge on any atom is -0.413 e. The van der Waals surface area contributed by atoms with Gasteiger partial charge in [0.1, 0.15) is 0 Å². The summed E-state index contributed by atoms with van der Waals surface area (Å²) in [7, 11) is 3.03. The van der Waals surface area contributed by atoms with Crippen LogP contribution in [0.1, 0.15) is 45.1 Å². The fraction of sp³-hybridized carbons (Fsp3) is 0.571. The minimum absolute atomic E-state index is 0.122. The van der Waals surface area contributed by atoms with E-state index in [1.165, 1.54) is 0 Å². The third kappa shape index (κ3) is 3.61. The lowest BCUT2D eigenvalue weighted by molar-refractivity contribution is 0.0591. The number of benzene rings is 1. The van der Waals surface area contributed by atoms with Crippen LogP contribution < -0.4 is 0 Å². The van der Waals surface area contributed by atoms with Crippen LogP contribution in [0.3, 0.4) is 0 Å². The van der Waals surface area contributed by atoms with E-state index >= 15 is 0 Å². The monoisotopic (exact) mass is 305 g/mol. The zero-order chi connectivity index (χ0) is 15.3. The zero-order valence-electron chi connectivity index (χ0n) is 11.5. The van der Waals surface area contributed by atoms with Crippen molar-refractivity contribution in [1.29, 1.82) is 0 Å². The van der Waals surface area contributed by atoms with E-state index in [-0.39, 0.29) is 17.6 Å². The third-order valence-corrected chi connectivity index (χ3v) is 4.19. The molecule has 0 N–H and O–H groups in total. The van der Waals surface area contributed by atoms with Gasteiger partial charge in [-0.15, -0.1) is 0 Å². The molecule has 0 unspecified atom stereocenters. The van der Waals surface area contributed by atoms with Gasteiger partial charge in [-0.2, -0.15) is 0 Å². The van der Waals surface area contributed by atoms with E-state index in [0.29, 0.717) is 18.9 Å². The molecule has 1 rings (SSSR count). The summed E-state index contributed by atoms with van der Waals surface area (Å²) in [5.74, 6) is -6.21. The number of aryl methyl sites for hydroxylation is 1. The van der Waals surface area contributed by atoms with Crippen molar-refractivity contribution in [3.63, 3.8) is 0 Å². The quantitative estimate of drug-likeness (QED) is 0.317. The fourth-order valence-corrected chi connectivity index (χ4v) is 2.59. The summed E-state index contributed by atoms with van der Waals surface area (Å²) in [6.45, 7) is 3.92. The summed E-state index contributed by atoms with van der Waals surface area (Å²) in [5, 5.41) is 0. The summed E-state index contributed by atoms with van der Waals surface area (Å²) in [4.78, 5) is 0. The first-order valence-corrected chi connectivity index (χ1v) is 6.98. The van der Waals surface area contributed by atoms with Crippen LogP contribution in [0.2, 0.25) is 0 Å². The average Bonchev–Trinajstić information content (AvgIpc) is 2.47. The summed E-state index contributed by atoms with van der Waals surface area (Å²) in [6.07, 6.45) is 2.71. The summed E-state index contributed by atoms with van der Waals surface area (Å²) in [5.41, 5.74) is -0.540. The Labute approximate surface area is 119 Å². The molecule has 0 spiro atoms. The van der Waals surface area contributed by atoms with E-state index in [9.17, 15) is 17.6 Å². The van der Waals surface area contributed by atoms with E-state index in [0.717, 1.165) is 12.8 Å². The molecule has 0 heterocycles. The first-order chi connectivity index (χ1) is 9.40. The second kappa shape index (κ2) is 7.22. The molecule has 111 valence electrons. The topological polar surface area (TPSA) is 9.23 Å². The van der Waals surface area contributed by atoms with Crippen LogP contribution in [0, 0.1) is 23.3 Å². The van der Waals surface area contributed by atoms with Crippen molar-refractivity contribution < 1.29 is 22.0 Å². The van der Waals surface area contributed by atoms with E-state index in [1.54, 1.807) is 0 Å². The van der Waals surface area contributed by atoms with Crippen LogP contribution in [0.15, 0.2) is 6.07 Å². The van der Waals surface area contributed by atoms with Crippen LogP contribution in [-0.4, -0.2) is 16.1 Å². The van der Waals surface area contributed by atoms with Crippen LogP contribution in [0.25, 0.3) is 0 Å². The maximum Gasteiger partial charge on any atom is 0.247 e. The molecular formula is C14H17F4OSi. The van der Waals surface area contributed by atoms with Crippen molar-refractivity contribution in [2.45, 2.75) is 51.6 Å². The highest BCUT2D eigenvalue weighted by Gasteiger charge is 2.25. The molecule has 6 heteroatoms. The minimum atomic E-state index is -1.77. The molecule has 0 aliphatic heterocycles. The van der Waals surface area contributed by atoms with Crippen molar-refractivity contribution in [3.8, 4) is 0 Å². The van der Waals surface area contributed by atoms with Gasteiger partial charge >= 0.3 is 0 Å². The Morgan fingerprint density at radius 3 is 2.15 bits per heavy atom. The standard InChI is InChI=1S/C14H17F4OSi/c1-3-14(4-2,19-20)7-5-6-9-8-10(15)12(17)13(18)11(9)16/h8H,3-7H2,1-2H3. The van der Waals surface area contributed by atoms with Gasteiger partial charge in [0, 0.05) is 0 Å². The van der Waals surface area contributed by atoms with E-state index < -0.39 is 23.3 Å². The predicted octanol–water partition coefficient (Wildman–Crippen LogP) is 4.22. The first-order valence-electron chi connectivity index (χ1n) is 6.57. The molecule has 0 aliphatic rings. The Morgan fingerprint density at radius 1 is 1.05 bits per heavy atom. The summed E-state index contributed by atoms with van der Waals surface area (Å²) < 4.78 is 57.7. The molecule has 20 heavy (non-hydrogen) atoms. The van der Waals surface area contributed by atoms with Gasteiger partial charge in [0.05, 0.1) is 5.60 Å². The van der Waals surface area contributed by atoms with E-state index in [4.69, 9.17) is 4.43 Å². The highest BCUT2D eigenvalue weighted by Crippen LogP contribution is 2.27. The van der Waals surface area contributed by atoms with Gasteiger partial charge < -0.3 is 4.43 Å². The van der Waals surface area contributed by atoms with Crippen LogP contribution in [0.5, 0.6) is 0 Å². The maximum atomic E-state index is 13.5. The summed E-state index contributed by atoms with van der Waals surface area (Å²) >= 11 is 0. The largest absolute Gasteiger partial charge is 0.413 e. The van der Waals surface area contributed by atoms with E-state index in [1.807, 2.05) is 13.8 Å². The number of hydrogen-bond donors (Lipinski definition) is 0. The molecule has 0 aromatic heterocycles. The zero-order valence-corrected chi connectivity index (χ0v) is 12.5. The lowest BCUT2D eigenvalue weighted by atomic mass is 9.90. The number of halogens is 4. The van der Waals surface area contributed by atoms with Gasteiger partial charge in [0.25, 0.3) is 0 Å². The second-order valence-corrected chi connectivity index (χ2v) is 5.01. The van der Waals surface area contributed by atoms with Crippen molar-refractivity contribution in [2.75, 3.05) is 0 Å². The SMILES string of the molecule is CCC(CC)(CCCc1cc(F)c(F)c(F)c1F)O[Si]. The van der Waals surface area contributed by atoms with Gasteiger partial charge in [-0.25, -0.2) is 17.6 Å². The fourth-order valence-electron chi connectivity index (χ4n) is 2.20. The number of hydrogen-bond acceptors (Lipinski definition) is 1. The Balaban J connectivity index is 2.76. The van der Waals surface area contributed by atoms with E-state index in [2.05, 4.69) is 10.5 Å². The molecule has 0 bridgehead atoms. The molecule has 0 saturated carbocycles. The normalized spacial score (nSPS) is 11.9. The highest BCUT2D eigenvalue weighted by molar-refractivity contribution is 5.98. The third-order valence-electron chi connectivity index (χ3n) is 3.76. The molecule has 0 saturated heterocycles.